The highest BCUT2D eigenvalue weighted by atomic mass is 79.9. The van der Waals surface area contributed by atoms with Crippen LogP contribution in [0, 0.1) is 11.8 Å². The molecule has 0 amide bonds. The minimum atomic E-state index is -1.11. The third kappa shape index (κ3) is 1.52. The molecule has 2 N–H and O–H groups in total. The molecule has 2 saturated heterocycles. The Hall–Kier alpha value is -0.140. The summed E-state index contributed by atoms with van der Waals surface area (Å²) in [6.45, 7) is 0. The van der Waals surface area contributed by atoms with Gasteiger partial charge < -0.3 is 14.9 Å². The molecule has 6 atom stereocenters. The van der Waals surface area contributed by atoms with Crippen LogP contribution >= 0.6 is 31.9 Å². The van der Waals surface area contributed by atoms with Crippen molar-refractivity contribution in [3.63, 3.8) is 0 Å². The molecule has 7 heteroatoms. The van der Waals surface area contributed by atoms with Crippen LogP contribution in [0.4, 0.5) is 0 Å². The lowest BCUT2D eigenvalue weighted by Crippen LogP contribution is -2.47. The summed E-state index contributed by atoms with van der Waals surface area (Å²) in [5.41, 5.74) is 0. The molecule has 0 aromatic carbocycles. The van der Waals surface area contributed by atoms with Gasteiger partial charge in [-0.25, -0.2) is 0 Å². The number of aliphatic carboxylic acids is 2. The fourth-order valence-electron chi connectivity index (χ4n) is 2.26. The zero-order chi connectivity index (χ0) is 11.3. The van der Waals surface area contributed by atoms with E-state index >= 15 is 0 Å². The van der Waals surface area contributed by atoms with E-state index in [2.05, 4.69) is 31.9 Å². The van der Waals surface area contributed by atoms with Gasteiger partial charge in [-0.1, -0.05) is 31.9 Å². The number of hydrogen-bond donors (Lipinski definition) is 2. The van der Waals surface area contributed by atoms with Gasteiger partial charge >= 0.3 is 11.9 Å². The summed E-state index contributed by atoms with van der Waals surface area (Å²) in [6, 6.07) is 0. The molecule has 2 bridgehead atoms. The Labute approximate surface area is 102 Å². The summed E-state index contributed by atoms with van der Waals surface area (Å²) in [7, 11) is 0. The second-order valence-corrected chi connectivity index (χ2v) is 5.80. The predicted octanol–water partition coefficient (Wildman–Crippen LogP) is 0.696. The van der Waals surface area contributed by atoms with Crippen molar-refractivity contribution < 1.29 is 24.5 Å². The molecule has 5 nitrogen and oxygen atoms in total. The topological polar surface area (TPSA) is 83.8 Å². The highest BCUT2D eigenvalue weighted by Crippen LogP contribution is 2.49. The smallest absolute Gasteiger partial charge is 0.310 e. The van der Waals surface area contributed by atoms with Crippen molar-refractivity contribution in [3.05, 3.63) is 0 Å². The lowest BCUT2D eigenvalue weighted by Gasteiger charge is -2.28. The largest absolute Gasteiger partial charge is 0.481 e. The summed E-state index contributed by atoms with van der Waals surface area (Å²) < 4.78 is 5.39. The Kier molecular flexibility index (Phi) is 2.81. The third-order valence-electron chi connectivity index (χ3n) is 2.91. The van der Waals surface area contributed by atoms with Crippen molar-refractivity contribution in [1.82, 2.24) is 0 Å². The molecule has 0 aliphatic carbocycles. The molecule has 2 fully saturated rings. The fraction of sp³-hybridized carbons (Fsp3) is 0.750. The van der Waals surface area contributed by atoms with Crippen LogP contribution in [0.3, 0.4) is 0 Å². The van der Waals surface area contributed by atoms with Crippen molar-refractivity contribution in [3.8, 4) is 0 Å². The maximum Gasteiger partial charge on any atom is 0.310 e. The molecule has 0 aromatic rings. The average Bonchev–Trinajstić information content (AvgIpc) is 2.64. The summed E-state index contributed by atoms with van der Waals surface area (Å²) in [6.07, 6.45) is -1.14. The highest BCUT2D eigenvalue weighted by molar-refractivity contribution is 9.12. The minimum Gasteiger partial charge on any atom is -0.481 e. The van der Waals surface area contributed by atoms with Gasteiger partial charge in [-0.3, -0.25) is 9.59 Å². The first kappa shape index (κ1) is 11.3. The second-order valence-electron chi connectivity index (χ2n) is 3.68. The van der Waals surface area contributed by atoms with E-state index in [0.29, 0.717) is 0 Å². The van der Waals surface area contributed by atoms with Crippen LogP contribution in [0.25, 0.3) is 0 Å². The maximum absolute atomic E-state index is 11.0. The van der Waals surface area contributed by atoms with Gasteiger partial charge in [-0.05, 0) is 0 Å². The normalized spacial score (nSPS) is 48.1. The zero-order valence-electron chi connectivity index (χ0n) is 7.34. The van der Waals surface area contributed by atoms with Gasteiger partial charge in [0.2, 0.25) is 0 Å². The molecule has 0 saturated carbocycles. The third-order valence-corrected chi connectivity index (χ3v) is 5.80. The number of carboxylic acids is 2. The zero-order valence-corrected chi connectivity index (χ0v) is 10.5. The number of ether oxygens (including phenoxy) is 1. The van der Waals surface area contributed by atoms with Gasteiger partial charge in [0, 0.05) is 0 Å². The summed E-state index contributed by atoms with van der Waals surface area (Å²) in [5, 5.41) is 18.0. The van der Waals surface area contributed by atoms with Gasteiger partial charge in [-0.15, -0.1) is 0 Å². The van der Waals surface area contributed by atoms with Crippen LogP contribution in [-0.2, 0) is 14.3 Å². The number of halogens is 2. The van der Waals surface area contributed by atoms with Crippen LogP contribution in [0.2, 0.25) is 0 Å². The van der Waals surface area contributed by atoms with E-state index in [-0.39, 0.29) is 9.65 Å². The minimum absolute atomic E-state index is 0.154. The molecular formula is C8H8Br2O5. The molecular weight excluding hydrogens is 336 g/mol. The van der Waals surface area contributed by atoms with Crippen LogP contribution in [0.1, 0.15) is 0 Å². The summed E-state index contributed by atoms with van der Waals surface area (Å²) in [5.74, 6) is -4.16. The lowest BCUT2D eigenvalue weighted by atomic mass is 9.79. The van der Waals surface area contributed by atoms with E-state index in [4.69, 9.17) is 14.9 Å². The fourth-order valence-corrected chi connectivity index (χ4v) is 3.76. The first-order chi connectivity index (χ1) is 6.95. The lowest BCUT2D eigenvalue weighted by molar-refractivity contribution is -0.153. The van der Waals surface area contributed by atoms with Crippen LogP contribution in [0.5, 0.6) is 0 Å². The molecule has 2 aliphatic heterocycles. The van der Waals surface area contributed by atoms with E-state index in [1.807, 2.05) is 0 Å². The van der Waals surface area contributed by atoms with E-state index < -0.39 is 36.0 Å². The average molecular weight is 344 g/mol. The van der Waals surface area contributed by atoms with E-state index in [1.165, 1.54) is 0 Å². The monoisotopic (exact) mass is 342 g/mol. The van der Waals surface area contributed by atoms with Gasteiger partial charge in [0.1, 0.15) is 0 Å². The number of alkyl halides is 2. The Balaban J connectivity index is 2.32. The molecule has 0 aromatic heterocycles. The second kappa shape index (κ2) is 3.71. The van der Waals surface area contributed by atoms with Crippen molar-refractivity contribution in [2.24, 2.45) is 11.8 Å². The molecule has 15 heavy (non-hydrogen) atoms. The SMILES string of the molecule is O=C(O)[C@@H]1[C@@H]2O[C@@H]([C@@H](Br)[C@H]2Br)[C@@H]1C(=O)O. The highest BCUT2D eigenvalue weighted by Gasteiger charge is 2.63. The van der Waals surface area contributed by atoms with Crippen LogP contribution in [0.15, 0.2) is 0 Å². The summed E-state index contributed by atoms with van der Waals surface area (Å²) in [4.78, 5) is 21.7. The predicted molar refractivity (Wildman–Crippen MR) is 56.3 cm³/mol. The Morgan fingerprint density at radius 2 is 1.27 bits per heavy atom. The van der Waals surface area contributed by atoms with Crippen molar-refractivity contribution in [2.75, 3.05) is 0 Å². The van der Waals surface area contributed by atoms with Crippen molar-refractivity contribution >= 4 is 43.8 Å². The molecule has 2 heterocycles. The van der Waals surface area contributed by atoms with E-state index in [9.17, 15) is 9.59 Å². The molecule has 0 radical (unpaired) electrons. The number of fused-ring (bicyclic) bond motifs is 2. The first-order valence-electron chi connectivity index (χ1n) is 4.34. The molecule has 2 aliphatic rings. The Morgan fingerprint density at radius 3 is 1.53 bits per heavy atom. The van der Waals surface area contributed by atoms with Crippen molar-refractivity contribution in [1.29, 1.82) is 0 Å². The maximum atomic E-state index is 11.0. The molecule has 0 spiro atoms. The quantitative estimate of drug-likeness (QED) is 0.721. The number of rotatable bonds is 2. The van der Waals surface area contributed by atoms with Gasteiger partial charge in [-0.2, -0.15) is 0 Å². The Morgan fingerprint density at radius 1 is 0.933 bits per heavy atom. The number of carbonyl (C=O) groups is 2. The van der Waals surface area contributed by atoms with Gasteiger partial charge in [0.25, 0.3) is 0 Å². The molecule has 0 unspecified atom stereocenters. The summed E-state index contributed by atoms with van der Waals surface area (Å²) >= 11 is 6.64. The Bertz CT molecular complexity index is 290. The van der Waals surface area contributed by atoms with E-state index in [0.717, 1.165) is 0 Å². The first-order valence-corrected chi connectivity index (χ1v) is 6.17. The van der Waals surface area contributed by atoms with E-state index in [1.54, 1.807) is 0 Å². The van der Waals surface area contributed by atoms with Crippen LogP contribution < -0.4 is 0 Å². The standard InChI is InChI=1S/C8H8Br2O5/c9-3-4(10)6-2(8(13)14)1(7(11)12)5(3)15-6/h1-6H,(H,11,12)(H,13,14)/t1-,2+,3+,4-,5-,6+. The van der Waals surface area contributed by atoms with Gasteiger partial charge in [0.05, 0.1) is 33.7 Å². The van der Waals surface area contributed by atoms with Crippen LogP contribution in [-0.4, -0.2) is 44.0 Å². The number of carboxylic acid groups (broad SMARTS) is 2. The van der Waals surface area contributed by atoms with Crippen molar-refractivity contribution in [2.45, 2.75) is 21.9 Å². The van der Waals surface area contributed by atoms with Gasteiger partial charge in [0.15, 0.2) is 0 Å². The molecule has 2 rings (SSSR count). The number of hydrogen-bond acceptors (Lipinski definition) is 3. The molecule has 84 valence electrons.